The number of aromatic nitrogens is 1. The Hall–Kier alpha value is -2.41. The van der Waals surface area contributed by atoms with Gasteiger partial charge in [-0.25, -0.2) is 4.98 Å². The number of hydrogen-bond acceptors (Lipinski definition) is 5. The van der Waals surface area contributed by atoms with Crippen LogP contribution in [0.2, 0.25) is 0 Å². The molecule has 2 aromatic rings. The highest BCUT2D eigenvalue weighted by Gasteiger charge is 2.21. The fourth-order valence-electron chi connectivity index (χ4n) is 2.74. The van der Waals surface area contributed by atoms with Crippen molar-refractivity contribution in [3.63, 3.8) is 0 Å². The summed E-state index contributed by atoms with van der Waals surface area (Å²) in [6.07, 6.45) is 2.16. The van der Waals surface area contributed by atoms with Gasteiger partial charge in [-0.15, -0.1) is 11.3 Å². The van der Waals surface area contributed by atoms with Crippen LogP contribution in [0, 0.1) is 0 Å². The minimum atomic E-state index is 0.0645. The molecule has 1 aliphatic heterocycles. The molecule has 0 bridgehead atoms. The standard InChI is InChI=1S/C18H22N4O2S/c1-2-14-3-5-15(6-4-14)19-18-20-16(12-25-18)11-17(24)22-9-7-21(13-23)8-10-22/h3-6,12-13H,2,7-11H2,1H3,(H,19,20). The maximum Gasteiger partial charge on any atom is 0.228 e. The number of carbonyl (C=O) groups is 2. The molecular weight excluding hydrogens is 336 g/mol. The number of thiazole rings is 1. The van der Waals surface area contributed by atoms with Gasteiger partial charge in [0.25, 0.3) is 0 Å². The van der Waals surface area contributed by atoms with E-state index in [0.29, 0.717) is 32.6 Å². The summed E-state index contributed by atoms with van der Waals surface area (Å²) >= 11 is 1.50. The molecule has 1 saturated heterocycles. The molecule has 0 aliphatic carbocycles. The van der Waals surface area contributed by atoms with E-state index in [0.717, 1.165) is 29.3 Å². The number of carbonyl (C=O) groups excluding carboxylic acids is 2. The second kappa shape index (κ2) is 8.11. The molecule has 0 atom stereocenters. The van der Waals surface area contributed by atoms with Crippen LogP contribution in [-0.4, -0.2) is 53.3 Å². The predicted molar refractivity (Wildman–Crippen MR) is 99.1 cm³/mol. The summed E-state index contributed by atoms with van der Waals surface area (Å²) in [6.45, 7) is 4.53. The maximum atomic E-state index is 12.4. The van der Waals surface area contributed by atoms with Crippen LogP contribution in [0.1, 0.15) is 18.2 Å². The molecule has 2 amide bonds. The smallest absolute Gasteiger partial charge is 0.228 e. The lowest BCUT2D eigenvalue weighted by Gasteiger charge is -2.32. The first-order valence-electron chi connectivity index (χ1n) is 8.45. The number of amides is 2. The quantitative estimate of drug-likeness (QED) is 0.805. The van der Waals surface area contributed by atoms with Crippen molar-refractivity contribution in [2.24, 2.45) is 0 Å². The second-order valence-electron chi connectivity index (χ2n) is 6.02. The summed E-state index contributed by atoms with van der Waals surface area (Å²) in [6, 6.07) is 8.27. The Labute approximate surface area is 151 Å². The van der Waals surface area contributed by atoms with E-state index in [-0.39, 0.29) is 5.91 Å². The van der Waals surface area contributed by atoms with Gasteiger partial charge >= 0.3 is 0 Å². The van der Waals surface area contributed by atoms with Gasteiger partial charge in [-0.05, 0) is 24.1 Å². The first kappa shape index (κ1) is 17.4. The highest BCUT2D eigenvalue weighted by atomic mass is 32.1. The molecule has 2 heterocycles. The van der Waals surface area contributed by atoms with Crippen LogP contribution in [0.3, 0.4) is 0 Å². The summed E-state index contributed by atoms with van der Waals surface area (Å²) in [5.74, 6) is 0.0645. The molecule has 1 fully saturated rings. The third-order valence-corrected chi connectivity index (χ3v) is 5.12. The molecule has 7 heteroatoms. The van der Waals surface area contributed by atoms with Crippen LogP contribution in [-0.2, 0) is 22.4 Å². The average molecular weight is 358 g/mol. The molecule has 0 spiro atoms. The van der Waals surface area contributed by atoms with Gasteiger partial charge in [0.2, 0.25) is 12.3 Å². The molecule has 0 saturated carbocycles. The van der Waals surface area contributed by atoms with Gasteiger partial charge in [0.1, 0.15) is 0 Å². The van der Waals surface area contributed by atoms with Gasteiger partial charge in [0, 0.05) is 37.2 Å². The summed E-state index contributed by atoms with van der Waals surface area (Å²) < 4.78 is 0. The van der Waals surface area contributed by atoms with E-state index in [1.165, 1.54) is 16.9 Å². The number of piperazine rings is 1. The molecule has 1 aliphatic rings. The van der Waals surface area contributed by atoms with Crippen LogP contribution in [0.25, 0.3) is 0 Å². The number of benzene rings is 1. The first-order valence-corrected chi connectivity index (χ1v) is 9.33. The maximum absolute atomic E-state index is 12.4. The van der Waals surface area contributed by atoms with E-state index >= 15 is 0 Å². The fraction of sp³-hybridized carbons (Fsp3) is 0.389. The molecule has 0 unspecified atom stereocenters. The van der Waals surface area contributed by atoms with Gasteiger partial charge in [0.15, 0.2) is 5.13 Å². The molecule has 1 aromatic heterocycles. The lowest BCUT2D eigenvalue weighted by Crippen LogP contribution is -2.48. The molecule has 0 radical (unpaired) electrons. The molecule has 6 nitrogen and oxygen atoms in total. The predicted octanol–water partition coefficient (Wildman–Crippen LogP) is 2.29. The molecule has 25 heavy (non-hydrogen) atoms. The highest BCUT2D eigenvalue weighted by molar-refractivity contribution is 7.13. The van der Waals surface area contributed by atoms with Crippen LogP contribution < -0.4 is 5.32 Å². The Kier molecular flexibility index (Phi) is 5.65. The van der Waals surface area contributed by atoms with Gasteiger partial charge in [-0.3, -0.25) is 9.59 Å². The number of nitrogens with zero attached hydrogens (tertiary/aromatic N) is 3. The van der Waals surface area contributed by atoms with Crippen molar-refractivity contribution >= 4 is 34.5 Å². The molecule has 1 N–H and O–H groups in total. The van der Waals surface area contributed by atoms with Gasteiger partial charge < -0.3 is 15.1 Å². The van der Waals surface area contributed by atoms with E-state index in [9.17, 15) is 9.59 Å². The minimum Gasteiger partial charge on any atom is -0.342 e. The largest absolute Gasteiger partial charge is 0.342 e. The third-order valence-electron chi connectivity index (χ3n) is 4.31. The van der Waals surface area contributed by atoms with Crippen molar-refractivity contribution in [1.82, 2.24) is 14.8 Å². The Morgan fingerprint density at radius 3 is 2.60 bits per heavy atom. The molecular formula is C18H22N4O2S. The lowest BCUT2D eigenvalue weighted by atomic mass is 10.1. The number of nitrogens with one attached hydrogen (secondary N) is 1. The molecule has 1 aromatic carbocycles. The Morgan fingerprint density at radius 2 is 1.96 bits per heavy atom. The Morgan fingerprint density at radius 1 is 1.24 bits per heavy atom. The summed E-state index contributed by atoms with van der Waals surface area (Å²) in [7, 11) is 0. The summed E-state index contributed by atoms with van der Waals surface area (Å²) in [5.41, 5.74) is 3.07. The Balaban J connectivity index is 1.54. The summed E-state index contributed by atoms with van der Waals surface area (Å²) in [4.78, 5) is 31.1. The van der Waals surface area contributed by atoms with Gasteiger partial charge in [-0.1, -0.05) is 19.1 Å². The fourth-order valence-corrected chi connectivity index (χ4v) is 3.47. The molecule has 3 rings (SSSR count). The summed E-state index contributed by atoms with van der Waals surface area (Å²) in [5, 5.41) is 5.99. The van der Waals surface area contributed by atoms with Crippen molar-refractivity contribution in [3.05, 3.63) is 40.9 Å². The Bertz CT molecular complexity index is 721. The van der Waals surface area contributed by atoms with E-state index in [4.69, 9.17) is 0 Å². The van der Waals surface area contributed by atoms with Crippen molar-refractivity contribution < 1.29 is 9.59 Å². The zero-order chi connectivity index (χ0) is 17.6. The number of hydrogen-bond donors (Lipinski definition) is 1. The monoisotopic (exact) mass is 358 g/mol. The van der Waals surface area contributed by atoms with Crippen LogP contribution in [0.5, 0.6) is 0 Å². The van der Waals surface area contributed by atoms with E-state index in [1.807, 2.05) is 17.5 Å². The van der Waals surface area contributed by atoms with E-state index < -0.39 is 0 Å². The van der Waals surface area contributed by atoms with Crippen molar-refractivity contribution in [3.8, 4) is 0 Å². The van der Waals surface area contributed by atoms with Crippen molar-refractivity contribution in [1.29, 1.82) is 0 Å². The topological polar surface area (TPSA) is 65.5 Å². The average Bonchev–Trinajstić information content (AvgIpc) is 3.09. The van der Waals surface area contributed by atoms with Gasteiger partial charge in [0.05, 0.1) is 12.1 Å². The van der Waals surface area contributed by atoms with Crippen LogP contribution in [0.15, 0.2) is 29.6 Å². The van der Waals surface area contributed by atoms with Crippen LogP contribution in [0.4, 0.5) is 10.8 Å². The van der Waals surface area contributed by atoms with E-state index in [1.54, 1.807) is 9.80 Å². The number of anilines is 2. The zero-order valence-electron chi connectivity index (χ0n) is 14.3. The molecule has 132 valence electrons. The number of aryl methyl sites for hydroxylation is 1. The third kappa shape index (κ3) is 4.57. The first-order chi connectivity index (χ1) is 12.2. The minimum absolute atomic E-state index is 0.0645. The normalized spacial score (nSPS) is 14.4. The van der Waals surface area contributed by atoms with Crippen LogP contribution >= 0.6 is 11.3 Å². The van der Waals surface area contributed by atoms with Gasteiger partial charge in [-0.2, -0.15) is 0 Å². The van der Waals surface area contributed by atoms with E-state index in [2.05, 4.69) is 29.4 Å². The van der Waals surface area contributed by atoms with Crippen molar-refractivity contribution in [2.75, 3.05) is 31.5 Å². The zero-order valence-corrected chi connectivity index (χ0v) is 15.1. The number of rotatable bonds is 6. The highest BCUT2D eigenvalue weighted by Crippen LogP contribution is 2.22. The second-order valence-corrected chi connectivity index (χ2v) is 6.88. The lowest BCUT2D eigenvalue weighted by molar-refractivity contribution is -0.134. The SMILES string of the molecule is CCc1ccc(Nc2nc(CC(=O)N3CCN(C=O)CC3)cs2)cc1. The van der Waals surface area contributed by atoms with Crippen molar-refractivity contribution in [2.45, 2.75) is 19.8 Å².